The molecule has 3 aromatic rings. The van der Waals surface area contributed by atoms with Gasteiger partial charge in [0, 0.05) is 19.5 Å². The van der Waals surface area contributed by atoms with E-state index in [0.29, 0.717) is 41.9 Å². The van der Waals surface area contributed by atoms with Crippen molar-refractivity contribution in [3.8, 4) is 22.8 Å². The fraction of sp³-hybridized carbons (Fsp3) is 0.486. The summed E-state index contributed by atoms with van der Waals surface area (Å²) in [5.74, 6) is -1.23. The minimum atomic E-state index is -1.20. The Morgan fingerprint density at radius 2 is 1.76 bits per heavy atom. The van der Waals surface area contributed by atoms with E-state index in [1.807, 2.05) is 20.8 Å². The number of esters is 1. The number of aromatic nitrogens is 1. The first kappa shape index (κ1) is 34.4. The van der Waals surface area contributed by atoms with Gasteiger partial charge >= 0.3 is 5.97 Å². The van der Waals surface area contributed by atoms with E-state index in [9.17, 15) is 9.18 Å². The van der Waals surface area contributed by atoms with Gasteiger partial charge in [-0.2, -0.15) is 0 Å². The van der Waals surface area contributed by atoms with Crippen molar-refractivity contribution in [2.75, 3.05) is 38.3 Å². The quantitative estimate of drug-likeness (QED) is 0.153. The van der Waals surface area contributed by atoms with Crippen molar-refractivity contribution >= 4 is 23.3 Å². The SMILES string of the molecule is CCOC(=O)[C@@H](OC(C)(C)C)c1c(Cl)nc(OC)c(-c2ccc(OCCc3ccc(F)cc3)c(F)c2)c1N1CCC(C)(C)CC1. The summed E-state index contributed by atoms with van der Waals surface area (Å²) in [7, 11) is 1.47. The number of pyridine rings is 1. The van der Waals surface area contributed by atoms with Gasteiger partial charge in [0.15, 0.2) is 17.7 Å². The monoisotopic (exact) mass is 644 g/mol. The number of benzene rings is 2. The highest BCUT2D eigenvalue weighted by atomic mass is 35.5. The maximum atomic E-state index is 15.6. The third-order valence-corrected chi connectivity index (χ3v) is 8.06. The Hall–Kier alpha value is -3.43. The number of ether oxygens (including phenoxy) is 4. The van der Waals surface area contributed by atoms with E-state index >= 15 is 4.39 Å². The molecule has 1 aromatic heterocycles. The zero-order chi connectivity index (χ0) is 32.9. The second-order valence-corrected chi connectivity index (χ2v) is 13.3. The van der Waals surface area contributed by atoms with E-state index in [1.165, 1.54) is 25.3 Å². The minimum Gasteiger partial charge on any atom is -0.490 e. The lowest BCUT2D eigenvalue weighted by Gasteiger charge is -2.41. The molecule has 0 spiro atoms. The number of carbonyl (C=O) groups is 1. The highest BCUT2D eigenvalue weighted by molar-refractivity contribution is 6.31. The summed E-state index contributed by atoms with van der Waals surface area (Å²) < 4.78 is 52.1. The fourth-order valence-corrected chi connectivity index (χ4v) is 5.61. The molecule has 244 valence electrons. The van der Waals surface area contributed by atoms with Crippen LogP contribution in [0.25, 0.3) is 11.1 Å². The third-order valence-electron chi connectivity index (χ3n) is 7.77. The average Bonchev–Trinajstić information content (AvgIpc) is 2.97. The van der Waals surface area contributed by atoms with E-state index in [4.69, 9.17) is 30.5 Å². The van der Waals surface area contributed by atoms with Gasteiger partial charge in [0.1, 0.15) is 11.0 Å². The van der Waals surface area contributed by atoms with Gasteiger partial charge in [0.2, 0.25) is 5.88 Å². The van der Waals surface area contributed by atoms with Crippen molar-refractivity contribution in [1.29, 1.82) is 0 Å². The predicted molar refractivity (Wildman–Crippen MR) is 172 cm³/mol. The van der Waals surface area contributed by atoms with Crippen LogP contribution in [0.5, 0.6) is 11.6 Å². The summed E-state index contributed by atoms with van der Waals surface area (Å²) in [6.45, 7) is 13.4. The van der Waals surface area contributed by atoms with Gasteiger partial charge < -0.3 is 23.8 Å². The van der Waals surface area contributed by atoms with Crippen molar-refractivity contribution in [3.63, 3.8) is 0 Å². The van der Waals surface area contributed by atoms with E-state index in [2.05, 4.69) is 23.7 Å². The number of carbonyl (C=O) groups excluding carboxylic acids is 1. The van der Waals surface area contributed by atoms with E-state index in [-0.39, 0.29) is 41.2 Å². The summed E-state index contributed by atoms with van der Waals surface area (Å²) in [6.07, 6.45) is 1.05. The van der Waals surface area contributed by atoms with Crippen LogP contribution in [0.15, 0.2) is 42.5 Å². The molecule has 1 aliphatic rings. The summed E-state index contributed by atoms with van der Waals surface area (Å²) in [5, 5.41) is 0.0407. The number of anilines is 1. The number of rotatable bonds is 11. The molecule has 0 radical (unpaired) electrons. The van der Waals surface area contributed by atoms with Crippen LogP contribution in [0.2, 0.25) is 5.15 Å². The number of piperidine rings is 1. The van der Waals surface area contributed by atoms with Crippen LogP contribution < -0.4 is 14.4 Å². The first-order chi connectivity index (χ1) is 21.2. The van der Waals surface area contributed by atoms with Crippen LogP contribution in [0.1, 0.15) is 71.6 Å². The molecule has 1 saturated heterocycles. The summed E-state index contributed by atoms with van der Waals surface area (Å²) in [5.41, 5.74) is 2.16. The van der Waals surface area contributed by atoms with Gasteiger partial charge in [0.25, 0.3) is 0 Å². The smallest absolute Gasteiger partial charge is 0.340 e. The molecule has 2 heterocycles. The topological polar surface area (TPSA) is 70.1 Å². The van der Waals surface area contributed by atoms with Crippen LogP contribution in [-0.4, -0.2) is 50.0 Å². The van der Waals surface area contributed by atoms with Crippen LogP contribution >= 0.6 is 11.6 Å². The van der Waals surface area contributed by atoms with Gasteiger partial charge in [-0.15, -0.1) is 0 Å². The Balaban J connectivity index is 1.82. The number of hydrogen-bond acceptors (Lipinski definition) is 7. The summed E-state index contributed by atoms with van der Waals surface area (Å²) in [6, 6.07) is 10.8. The van der Waals surface area contributed by atoms with Crippen molar-refractivity contribution in [3.05, 3.63) is 70.4 Å². The second kappa shape index (κ2) is 14.3. The zero-order valence-electron chi connectivity index (χ0n) is 27.1. The van der Waals surface area contributed by atoms with E-state index in [1.54, 1.807) is 31.2 Å². The van der Waals surface area contributed by atoms with Crippen LogP contribution in [0.4, 0.5) is 14.5 Å². The molecule has 7 nitrogen and oxygen atoms in total. The van der Waals surface area contributed by atoms with Gasteiger partial charge in [-0.05, 0) is 81.3 Å². The first-order valence-corrected chi connectivity index (χ1v) is 15.6. The maximum absolute atomic E-state index is 15.6. The molecule has 45 heavy (non-hydrogen) atoms. The van der Waals surface area contributed by atoms with Crippen molar-refractivity contribution < 1.29 is 32.5 Å². The number of methoxy groups -OCH3 is 1. The Bertz CT molecular complexity index is 1480. The lowest BCUT2D eigenvalue weighted by molar-refractivity contribution is -0.166. The summed E-state index contributed by atoms with van der Waals surface area (Å²) >= 11 is 6.87. The van der Waals surface area contributed by atoms with Crippen LogP contribution in [0, 0.1) is 17.0 Å². The molecule has 2 aromatic carbocycles. The molecule has 0 aliphatic carbocycles. The predicted octanol–water partition coefficient (Wildman–Crippen LogP) is 8.36. The van der Waals surface area contributed by atoms with Gasteiger partial charge in [-0.1, -0.05) is 43.6 Å². The number of hydrogen-bond donors (Lipinski definition) is 0. The molecule has 0 N–H and O–H groups in total. The molecule has 1 fully saturated rings. The van der Waals surface area contributed by atoms with E-state index in [0.717, 1.165) is 18.4 Å². The van der Waals surface area contributed by atoms with E-state index < -0.39 is 23.5 Å². The zero-order valence-corrected chi connectivity index (χ0v) is 27.9. The van der Waals surface area contributed by atoms with Gasteiger partial charge in [-0.3, -0.25) is 0 Å². The largest absolute Gasteiger partial charge is 0.490 e. The first-order valence-electron chi connectivity index (χ1n) is 15.3. The Morgan fingerprint density at radius 3 is 2.33 bits per heavy atom. The molecule has 0 saturated carbocycles. The summed E-state index contributed by atoms with van der Waals surface area (Å²) in [4.78, 5) is 20.1. The number of halogens is 3. The molecule has 10 heteroatoms. The van der Waals surface area contributed by atoms with Gasteiger partial charge in [-0.25, -0.2) is 18.6 Å². The number of nitrogens with zero attached hydrogens (tertiary/aromatic N) is 2. The fourth-order valence-electron chi connectivity index (χ4n) is 5.34. The van der Waals surface area contributed by atoms with Crippen LogP contribution in [-0.2, 0) is 20.7 Å². The minimum absolute atomic E-state index is 0.0407. The van der Waals surface area contributed by atoms with Gasteiger partial charge in [0.05, 0.1) is 42.7 Å². The molecule has 1 atom stereocenters. The van der Waals surface area contributed by atoms with Crippen LogP contribution in [0.3, 0.4) is 0 Å². The third kappa shape index (κ3) is 8.64. The normalized spacial score (nSPS) is 15.5. The second-order valence-electron chi connectivity index (χ2n) is 12.9. The Kier molecular flexibility index (Phi) is 11.0. The Labute approximate surface area is 269 Å². The lowest BCUT2D eigenvalue weighted by atomic mass is 9.82. The highest BCUT2D eigenvalue weighted by Crippen LogP contribution is 2.49. The average molecular weight is 645 g/mol. The molecular formula is C35H43ClF2N2O5. The van der Waals surface area contributed by atoms with Crippen molar-refractivity contribution in [2.24, 2.45) is 5.41 Å². The lowest BCUT2D eigenvalue weighted by Crippen LogP contribution is -2.39. The molecule has 1 aliphatic heterocycles. The van der Waals surface area contributed by atoms with Crippen molar-refractivity contribution in [2.45, 2.75) is 72.5 Å². The molecule has 0 bridgehead atoms. The molecular weight excluding hydrogens is 602 g/mol. The molecule has 0 amide bonds. The maximum Gasteiger partial charge on any atom is 0.340 e. The van der Waals surface area contributed by atoms with Crippen molar-refractivity contribution in [1.82, 2.24) is 4.98 Å². The molecule has 4 rings (SSSR count). The molecule has 0 unspecified atom stereocenters. The standard InChI is InChI=1S/C35H43ClF2N2O5/c1-8-43-33(41)30(45-34(2,3)4)28-29(40-18-16-35(5,6)17-19-40)27(32(42-7)39-31(28)36)23-11-14-26(25(38)21-23)44-20-15-22-9-12-24(37)13-10-22/h9-14,21,30H,8,15-20H2,1-7H3/t30-/m0/s1. The Morgan fingerprint density at radius 1 is 1.09 bits per heavy atom. The highest BCUT2D eigenvalue weighted by Gasteiger charge is 2.38.